The lowest BCUT2D eigenvalue weighted by atomic mass is 10.1. The summed E-state index contributed by atoms with van der Waals surface area (Å²) in [6.07, 6.45) is 2.24. The molecule has 1 aliphatic rings. The second-order valence-corrected chi connectivity index (χ2v) is 5.24. The van der Waals surface area contributed by atoms with Gasteiger partial charge in [-0.15, -0.1) is 0 Å². The highest BCUT2D eigenvalue weighted by molar-refractivity contribution is 5.82. The number of ketones is 1. The third-order valence-corrected chi connectivity index (χ3v) is 3.62. The molecule has 2 rings (SSSR count). The molecule has 1 aliphatic heterocycles. The molecule has 0 spiro atoms. The first kappa shape index (κ1) is 14.2. The summed E-state index contributed by atoms with van der Waals surface area (Å²) in [5.41, 5.74) is 0.859. The zero-order chi connectivity index (χ0) is 13.7. The molecule has 1 fully saturated rings. The molecule has 3 nitrogen and oxygen atoms in total. The van der Waals surface area contributed by atoms with Gasteiger partial charge in [-0.3, -0.25) is 9.69 Å². The average molecular weight is 265 g/mol. The summed E-state index contributed by atoms with van der Waals surface area (Å²) < 4.78 is 12.8. The van der Waals surface area contributed by atoms with Crippen molar-refractivity contribution in [3.8, 4) is 0 Å². The Morgan fingerprint density at radius 2 is 2.11 bits per heavy atom. The van der Waals surface area contributed by atoms with E-state index in [1.165, 1.54) is 12.1 Å². The van der Waals surface area contributed by atoms with Crippen LogP contribution >= 0.6 is 0 Å². The van der Waals surface area contributed by atoms with E-state index in [1.807, 2.05) is 0 Å². The van der Waals surface area contributed by atoms with Crippen LogP contribution in [0.5, 0.6) is 0 Å². The van der Waals surface area contributed by atoms with Crippen LogP contribution in [0.2, 0.25) is 0 Å². The quantitative estimate of drug-likeness (QED) is 0.850. The van der Waals surface area contributed by atoms with Gasteiger partial charge >= 0.3 is 0 Å². The predicted octanol–water partition coefficient (Wildman–Crippen LogP) is 1.64. The number of likely N-dealkylation sites (tertiary alicyclic amines) is 1. The Kier molecular flexibility index (Phi) is 5.05. The van der Waals surface area contributed by atoms with Gasteiger partial charge in [-0.1, -0.05) is 12.1 Å². The molecule has 1 N–H and O–H groups in total. The van der Waals surface area contributed by atoms with E-state index < -0.39 is 0 Å². The summed E-state index contributed by atoms with van der Waals surface area (Å²) in [6.45, 7) is 2.51. The average Bonchev–Trinajstić information content (AvgIpc) is 2.80. The number of carbonyl (C=O) groups is 1. The number of hydrogen-bond acceptors (Lipinski definition) is 3. The fraction of sp³-hybridized carbons (Fsp3) is 0.533. The number of halogens is 1. The van der Waals surface area contributed by atoms with Crippen molar-refractivity contribution in [2.24, 2.45) is 5.92 Å². The number of hydrogen-bond donors (Lipinski definition) is 1. The zero-order valence-corrected chi connectivity index (χ0v) is 11.0. The minimum absolute atomic E-state index is 0.163. The molecular formula is C15H20FNO2. The van der Waals surface area contributed by atoms with E-state index in [9.17, 15) is 9.18 Å². The van der Waals surface area contributed by atoms with Gasteiger partial charge in [-0.25, -0.2) is 4.39 Å². The van der Waals surface area contributed by atoms with Crippen LogP contribution in [0.3, 0.4) is 0 Å². The van der Waals surface area contributed by atoms with Crippen molar-refractivity contribution >= 4 is 5.78 Å². The molecule has 19 heavy (non-hydrogen) atoms. The maximum atomic E-state index is 12.8. The molecule has 1 aromatic rings. The molecular weight excluding hydrogens is 245 g/mol. The predicted molar refractivity (Wildman–Crippen MR) is 71.4 cm³/mol. The van der Waals surface area contributed by atoms with E-state index in [0.717, 1.165) is 31.5 Å². The maximum Gasteiger partial charge on any atom is 0.151 e. The highest BCUT2D eigenvalue weighted by Gasteiger charge is 2.23. The van der Waals surface area contributed by atoms with Crippen LogP contribution in [0.1, 0.15) is 18.4 Å². The standard InChI is InChI=1S/C15H20FNO2/c16-14-3-1-12(2-4-14)9-15(19)11-17-7-5-13(10-17)6-8-18/h1-4,13,18H,5-11H2. The lowest BCUT2D eigenvalue weighted by molar-refractivity contribution is -0.119. The van der Waals surface area contributed by atoms with Gasteiger partial charge in [0.25, 0.3) is 0 Å². The molecule has 1 unspecified atom stereocenters. The second-order valence-electron chi connectivity index (χ2n) is 5.24. The molecule has 104 valence electrons. The van der Waals surface area contributed by atoms with Crippen LogP contribution in [-0.2, 0) is 11.2 Å². The molecule has 1 heterocycles. The van der Waals surface area contributed by atoms with Crippen molar-refractivity contribution in [3.05, 3.63) is 35.6 Å². The first-order valence-electron chi connectivity index (χ1n) is 6.76. The van der Waals surface area contributed by atoms with Gasteiger partial charge in [0.1, 0.15) is 5.82 Å². The minimum Gasteiger partial charge on any atom is -0.396 e. The smallest absolute Gasteiger partial charge is 0.151 e. The monoisotopic (exact) mass is 265 g/mol. The van der Waals surface area contributed by atoms with E-state index in [-0.39, 0.29) is 18.2 Å². The van der Waals surface area contributed by atoms with Gasteiger partial charge in [0.2, 0.25) is 0 Å². The number of aliphatic hydroxyl groups is 1. The van der Waals surface area contributed by atoms with Crippen molar-refractivity contribution in [3.63, 3.8) is 0 Å². The molecule has 0 aromatic heterocycles. The van der Waals surface area contributed by atoms with E-state index in [0.29, 0.717) is 18.9 Å². The van der Waals surface area contributed by atoms with Gasteiger partial charge in [0.15, 0.2) is 5.78 Å². The maximum absolute atomic E-state index is 12.8. The van der Waals surface area contributed by atoms with E-state index in [4.69, 9.17) is 5.11 Å². The number of Topliss-reactive ketones (excluding diaryl/α,β-unsaturated/α-hetero) is 1. The third-order valence-electron chi connectivity index (χ3n) is 3.62. The molecule has 0 radical (unpaired) electrons. The van der Waals surface area contributed by atoms with Gasteiger partial charge in [-0.2, -0.15) is 0 Å². The molecule has 4 heteroatoms. The van der Waals surface area contributed by atoms with Crippen molar-refractivity contribution in [1.29, 1.82) is 0 Å². The third kappa shape index (κ3) is 4.40. The topological polar surface area (TPSA) is 40.5 Å². The van der Waals surface area contributed by atoms with Crippen molar-refractivity contribution < 1.29 is 14.3 Å². The lowest BCUT2D eigenvalue weighted by Gasteiger charge is -2.14. The minimum atomic E-state index is -0.275. The number of aliphatic hydroxyl groups excluding tert-OH is 1. The number of benzene rings is 1. The molecule has 0 bridgehead atoms. The second kappa shape index (κ2) is 6.78. The Labute approximate surface area is 113 Å². The summed E-state index contributed by atoms with van der Waals surface area (Å²) in [4.78, 5) is 14.1. The highest BCUT2D eigenvalue weighted by Crippen LogP contribution is 2.19. The SMILES string of the molecule is O=C(Cc1ccc(F)cc1)CN1CCC(CCO)C1. The molecule has 0 amide bonds. The molecule has 0 saturated carbocycles. The Balaban J connectivity index is 1.77. The van der Waals surface area contributed by atoms with Crippen molar-refractivity contribution in [2.45, 2.75) is 19.3 Å². The Hall–Kier alpha value is -1.26. The van der Waals surface area contributed by atoms with Crippen LogP contribution in [0, 0.1) is 11.7 Å². The summed E-state index contributed by atoms with van der Waals surface area (Å²) in [6, 6.07) is 6.09. The van der Waals surface area contributed by atoms with Gasteiger partial charge in [-0.05, 0) is 43.0 Å². The van der Waals surface area contributed by atoms with Gasteiger partial charge in [0, 0.05) is 19.6 Å². The zero-order valence-electron chi connectivity index (χ0n) is 11.0. The van der Waals surface area contributed by atoms with Gasteiger partial charge in [0.05, 0.1) is 6.54 Å². The van der Waals surface area contributed by atoms with E-state index >= 15 is 0 Å². The van der Waals surface area contributed by atoms with Crippen LogP contribution in [0.15, 0.2) is 24.3 Å². The fourth-order valence-corrected chi connectivity index (χ4v) is 2.61. The van der Waals surface area contributed by atoms with E-state index in [2.05, 4.69) is 4.90 Å². The van der Waals surface area contributed by atoms with Crippen LogP contribution in [0.4, 0.5) is 4.39 Å². The summed E-state index contributed by atoms with van der Waals surface area (Å²) >= 11 is 0. The summed E-state index contributed by atoms with van der Waals surface area (Å²) in [7, 11) is 0. The molecule has 1 saturated heterocycles. The number of rotatable bonds is 6. The van der Waals surface area contributed by atoms with Gasteiger partial charge < -0.3 is 5.11 Å². The first-order valence-corrected chi connectivity index (χ1v) is 6.76. The van der Waals surface area contributed by atoms with Crippen molar-refractivity contribution in [2.75, 3.05) is 26.2 Å². The highest BCUT2D eigenvalue weighted by atomic mass is 19.1. The normalized spacial score (nSPS) is 19.8. The van der Waals surface area contributed by atoms with Crippen molar-refractivity contribution in [1.82, 2.24) is 4.90 Å². The first-order chi connectivity index (χ1) is 9.17. The van der Waals surface area contributed by atoms with E-state index in [1.54, 1.807) is 12.1 Å². The van der Waals surface area contributed by atoms with Crippen LogP contribution in [0.25, 0.3) is 0 Å². The Morgan fingerprint density at radius 1 is 1.37 bits per heavy atom. The van der Waals surface area contributed by atoms with Crippen LogP contribution in [-0.4, -0.2) is 42.0 Å². The molecule has 0 aliphatic carbocycles. The summed E-state index contributed by atoms with van der Waals surface area (Å²) in [5.74, 6) is 0.405. The number of carbonyl (C=O) groups excluding carboxylic acids is 1. The van der Waals surface area contributed by atoms with Crippen LogP contribution < -0.4 is 0 Å². The summed E-state index contributed by atoms with van der Waals surface area (Å²) in [5, 5.41) is 8.90. The molecule has 1 atom stereocenters. The number of nitrogens with zero attached hydrogens (tertiary/aromatic N) is 1. The largest absolute Gasteiger partial charge is 0.396 e. The Bertz CT molecular complexity index is 419. The fourth-order valence-electron chi connectivity index (χ4n) is 2.61. The Morgan fingerprint density at radius 3 is 2.79 bits per heavy atom. The lowest BCUT2D eigenvalue weighted by Crippen LogP contribution is -2.28. The molecule has 1 aromatic carbocycles.